The van der Waals surface area contributed by atoms with Crippen LogP contribution in [0.3, 0.4) is 0 Å². The topological polar surface area (TPSA) is 84.0 Å². The average Bonchev–Trinajstić information content (AvgIpc) is 2.50. The van der Waals surface area contributed by atoms with Crippen LogP contribution in [0.25, 0.3) is 0 Å². The molecule has 1 aromatic carbocycles. The summed E-state index contributed by atoms with van der Waals surface area (Å²) in [6, 6.07) is 5.34. The van der Waals surface area contributed by atoms with E-state index in [2.05, 4.69) is 4.98 Å². The van der Waals surface area contributed by atoms with Gasteiger partial charge in [-0.1, -0.05) is 18.2 Å². The highest BCUT2D eigenvalue weighted by atomic mass is 19.4. The molecule has 0 saturated carbocycles. The van der Waals surface area contributed by atoms with Gasteiger partial charge in [-0.25, -0.2) is 9.18 Å². The smallest absolute Gasteiger partial charge is 0.343 e. The van der Waals surface area contributed by atoms with Crippen molar-refractivity contribution in [2.24, 2.45) is 0 Å². The molecule has 1 amide bonds. The molecule has 0 aliphatic heterocycles. The minimum absolute atomic E-state index is 0.0120. The molecule has 0 aliphatic carbocycles. The van der Waals surface area contributed by atoms with E-state index in [1.165, 1.54) is 23.5 Å². The number of nitrogens with zero attached hydrogens (tertiary/aromatic N) is 1. The van der Waals surface area contributed by atoms with E-state index in [0.29, 0.717) is 10.8 Å². The van der Waals surface area contributed by atoms with E-state index in [9.17, 15) is 31.9 Å². The molecule has 6 nitrogen and oxygen atoms in total. The van der Waals surface area contributed by atoms with Crippen molar-refractivity contribution >= 4 is 5.91 Å². The number of carbonyl (C=O) groups excluding carboxylic acids is 1. The largest absolute Gasteiger partial charge is 0.405 e. The van der Waals surface area contributed by atoms with Crippen molar-refractivity contribution in [3.8, 4) is 0 Å². The summed E-state index contributed by atoms with van der Waals surface area (Å²) in [7, 11) is 0. The summed E-state index contributed by atoms with van der Waals surface area (Å²) >= 11 is 0. The van der Waals surface area contributed by atoms with Crippen molar-refractivity contribution in [2.45, 2.75) is 12.7 Å². The Labute approximate surface area is 131 Å². The van der Waals surface area contributed by atoms with Crippen LogP contribution < -0.4 is 16.6 Å². The van der Waals surface area contributed by atoms with Crippen LogP contribution in [0.4, 0.5) is 17.6 Å². The quantitative estimate of drug-likeness (QED) is 0.812. The second-order valence-corrected chi connectivity index (χ2v) is 4.79. The van der Waals surface area contributed by atoms with Gasteiger partial charge in [0.2, 0.25) is 0 Å². The van der Waals surface area contributed by atoms with Crippen LogP contribution in [0.2, 0.25) is 0 Å². The summed E-state index contributed by atoms with van der Waals surface area (Å²) in [4.78, 5) is 37.6. The maximum Gasteiger partial charge on any atom is 0.405 e. The number of carbonyl (C=O) groups is 1. The molecule has 0 saturated heterocycles. The molecule has 1 aromatic heterocycles. The Balaban J connectivity index is 2.34. The van der Waals surface area contributed by atoms with E-state index in [0.717, 1.165) is 6.07 Å². The number of amides is 1. The first-order valence-electron chi connectivity index (χ1n) is 6.60. The number of hydrogen-bond donors (Lipinski definition) is 2. The Morgan fingerprint density at radius 1 is 1.21 bits per heavy atom. The van der Waals surface area contributed by atoms with Crippen molar-refractivity contribution in [2.75, 3.05) is 6.54 Å². The molecule has 0 radical (unpaired) electrons. The summed E-state index contributed by atoms with van der Waals surface area (Å²) in [6.45, 7) is -2.10. The van der Waals surface area contributed by atoms with Crippen molar-refractivity contribution in [1.29, 1.82) is 0 Å². The normalized spacial score (nSPS) is 11.3. The molecule has 0 aliphatic rings. The summed E-state index contributed by atoms with van der Waals surface area (Å²) < 4.78 is 50.5. The van der Waals surface area contributed by atoms with Crippen LogP contribution in [-0.4, -0.2) is 28.2 Å². The van der Waals surface area contributed by atoms with E-state index in [-0.39, 0.29) is 5.56 Å². The van der Waals surface area contributed by atoms with Gasteiger partial charge < -0.3 is 10.3 Å². The standard InChI is InChI=1S/C14H11F4N3O3/c15-10-4-2-1-3-8(10)6-21-12(23)9(5-19-13(21)24)11(22)20-7-14(16,17)18/h1-5H,6-7H2,(H,19,24)(H,20,22). The molecule has 2 rings (SSSR count). The molecule has 0 atom stereocenters. The fourth-order valence-electron chi connectivity index (χ4n) is 1.89. The monoisotopic (exact) mass is 345 g/mol. The van der Waals surface area contributed by atoms with Gasteiger partial charge >= 0.3 is 11.9 Å². The van der Waals surface area contributed by atoms with Crippen LogP contribution in [0.15, 0.2) is 40.1 Å². The molecule has 10 heteroatoms. The minimum atomic E-state index is -4.65. The van der Waals surface area contributed by atoms with Crippen LogP contribution in [-0.2, 0) is 6.54 Å². The van der Waals surface area contributed by atoms with E-state index in [4.69, 9.17) is 0 Å². The summed E-state index contributed by atoms with van der Waals surface area (Å²) in [5, 5.41) is 1.53. The Bertz CT molecular complexity index is 871. The van der Waals surface area contributed by atoms with Gasteiger partial charge in [0.25, 0.3) is 11.5 Å². The second-order valence-electron chi connectivity index (χ2n) is 4.79. The average molecular weight is 345 g/mol. The first-order chi connectivity index (χ1) is 11.2. The lowest BCUT2D eigenvalue weighted by molar-refractivity contribution is -0.123. The van der Waals surface area contributed by atoms with Crippen LogP contribution in [0, 0.1) is 5.82 Å². The van der Waals surface area contributed by atoms with Gasteiger partial charge in [-0.2, -0.15) is 13.2 Å². The lowest BCUT2D eigenvalue weighted by atomic mass is 10.2. The maximum atomic E-state index is 13.6. The van der Waals surface area contributed by atoms with E-state index in [1.54, 1.807) is 0 Å². The molecule has 0 spiro atoms. The minimum Gasteiger partial charge on any atom is -0.343 e. The van der Waals surface area contributed by atoms with Gasteiger partial charge in [0.15, 0.2) is 0 Å². The fraction of sp³-hybridized carbons (Fsp3) is 0.214. The number of hydrogen-bond acceptors (Lipinski definition) is 3. The van der Waals surface area contributed by atoms with Crippen molar-refractivity contribution in [3.05, 3.63) is 68.2 Å². The van der Waals surface area contributed by atoms with Crippen molar-refractivity contribution < 1.29 is 22.4 Å². The van der Waals surface area contributed by atoms with Gasteiger partial charge in [-0.3, -0.25) is 14.2 Å². The summed E-state index contributed by atoms with van der Waals surface area (Å²) in [5.74, 6) is -1.97. The van der Waals surface area contributed by atoms with Crippen molar-refractivity contribution in [1.82, 2.24) is 14.9 Å². The van der Waals surface area contributed by atoms with E-state index < -0.39 is 47.8 Å². The number of aromatic nitrogens is 2. The number of nitrogens with one attached hydrogen (secondary N) is 2. The Morgan fingerprint density at radius 3 is 2.50 bits per heavy atom. The fourth-order valence-corrected chi connectivity index (χ4v) is 1.89. The van der Waals surface area contributed by atoms with Gasteiger partial charge in [-0.05, 0) is 6.07 Å². The lowest BCUT2D eigenvalue weighted by Gasteiger charge is -2.10. The third-order valence-electron chi connectivity index (χ3n) is 3.04. The number of benzene rings is 1. The first-order valence-corrected chi connectivity index (χ1v) is 6.60. The van der Waals surface area contributed by atoms with Gasteiger partial charge in [0.05, 0.1) is 6.54 Å². The molecule has 0 unspecified atom stereocenters. The zero-order valence-electron chi connectivity index (χ0n) is 12.0. The van der Waals surface area contributed by atoms with Crippen LogP contribution >= 0.6 is 0 Å². The lowest BCUT2D eigenvalue weighted by Crippen LogP contribution is -2.42. The van der Waals surface area contributed by atoms with Crippen LogP contribution in [0.5, 0.6) is 0 Å². The van der Waals surface area contributed by atoms with Gasteiger partial charge in [0, 0.05) is 11.8 Å². The molecular weight excluding hydrogens is 334 g/mol. The Kier molecular flexibility index (Phi) is 4.86. The second kappa shape index (κ2) is 6.69. The zero-order valence-corrected chi connectivity index (χ0v) is 12.0. The summed E-state index contributed by atoms with van der Waals surface area (Å²) in [5.41, 5.74) is -2.72. The number of halogens is 4. The Hall–Kier alpha value is -2.91. The molecule has 0 bridgehead atoms. The predicted molar refractivity (Wildman–Crippen MR) is 75.2 cm³/mol. The number of aromatic amines is 1. The third kappa shape index (κ3) is 4.09. The molecule has 2 aromatic rings. The third-order valence-corrected chi connectivity index (χ3v) is 3.04. The molecule has 0 fully saturated rings. The highest BCUT2D eigenvalue weighted by Crippen LogP contribution is 2.12. The number of alkyl halides is 3. The van der Waals surface area contributed by atoms with E-state index >= 15 is 0 Å². The highest BCUT2D eigenvalue weighted by Gasteiger charge is 2.28. The van der Waals surface area contributed by atoms with Crippen LogP contribution in [0.1, 0.15) is 15.9 Å². The van der Waals surface area contributed by atoms with Gasteiger partial charge in [0.1, 0.15) is 17.9 Å². The molecule has 1 heterocycles. The molecular formula is C14H11F4N3O3. The van der Waals surface area contributed by atoms with E-state index in [1.807, 2.05) is 0 Å². The Morgan fingerprint density at radius 2 is 1.88 bits per heavy atom. The number of H-pyrrole nitrogens is 1. The predicted octanol–water partition coefficient (Wildman–Crippen LogP) is 1.02. The maximum absolute atomic E-state index is 13.6. The summed E-state index contributed by atoms with van der Waals surface area (Å²) in [6.07, 6.45) is -3.93. The molecule has 2 N–H and O–H groups in total. The number of rotatable bonds is 4. The SMILES string of the molecule is O=C(NCC(F)(F)F)c1c[nH]c(=O)n(Cc2ccccc2F)c1=O. The molecule has 128 valence electrons. The molecule has 24 heavy (non-hydrogen) atoms. The van der Waals surface area contributed by atoms with Crippen molar-refractivity contribution in [3.63, 3.8) is 0 Å². The highest BCUT2D eigenvalue weighted by molar-refractivity contribution is 5.93. The first kappa shape index (κ1) is 17.4. The van der Waals surface area contributed by atoms with Gasteiger partial charge in [-0.15, -0.1) is 0 Å². The zero-order chi connectivity index (χ0) is 17.9.